The molecule has 2 rings (SSSR count). The van der Waals surface area contributed by atoms with E-state index in [1.165, 1.54) is 0 Å². The lowest BCUT2D eigenvalue weighted by Crippen LogP contribution is -2.37. The maximum absolute atomic E-state index is 11.0. The van der Waals surface area contributed by atoms with Crippen LogP contribution in [0, 0.1) is 0 Å². The number of morpholine rings is 1. The number of ether oxygens (including phenoxy) is 1. The lowest BCUT2D eigenvalue weighted by molar-refractivity contribution is -0.151. The largest absolute Gasteiger partial charge is 0.455 e. The number of halogens is 1. The van der Waals surface area contributed by atoms with Crippen LogP contribution in [0.25, 0.3) is 0 Å². The molecular formula is C10H10BrNO2. The van der Waals surface area contributed by atoms with E-state index in [1.807, 2.05) is 24.3 Å². The van der Waals surface area contributed by atoms with Crippen LogP contribution in [0.1, 0.15) is 11.7 Å². The van der Waals surface area contributed by atoms with Crippen LogP contribution in [0.4, 0.5) is 0 Å². The van der Waals surface area contributed by atoms with Gasteiger partial charge < -0.3 is 10.1 Å². The van der Waals surface area contributed by atoms with Crippen LogP contribution in [0.3, 0.4) is 0 Å². The maximum Gasteiger partial charge on any atom is 0.320 e. The summed E-state index contributed by atoms with van der Waals surface area (Å²) in [7, 11) is 0. The average Bonchev–Trinajstić information content (AvgIpc) is 2.18. The van der Waals surface area contributed by atoms with Crippen LogP contribution in [0.2, 0.25) is 0 Å². The van der Waals surface area contributed by atoms with E-state index >= 15 is 0 Å². The molecule has 4 heteroatoms. The minimum Gasteiger partial charge on any atom is -0.455 e. The molecule has 14 heavy (non-hydrogen) atoms. The van der Waals surface area contributed by atoms with Crippen molar-refractivity contribution in [3.8, 4) is 0 Å². The Morgan fingerprint density at radius 2 is 2.36 bits per heavy atom. The normalized spacial score (nSPS) is 21.8. The fraction of sp³-hybridized carbons (Fsp3) is 0.300. The standard InChI is InChI=1S/C10H10BrNO2/c11-8-3-1-2-7(4-8)9-5-12-6-10(13)14-9/h1-4,9,12H,5-6H2/t9-/m0/s1. The van der Waals surface area contributed by atoms with Gasteiger partial charge in [-0.3, -0.25) is 4.79 Å². The van der Waals surface area contributed by atoms with Crippen molar-refractivity contribution in [3.05, 3.63) is 34.3 Å². The van der Waals surface area contributed by atoms with Crippen LogP contribution in [-0.2, 0) is 9.53 Å². The van der Waals surface area contributed by atoms with Crippen molar-refractivity contribution in [2.75, 3.05) is 13.1 Å². The summed E-state index contributed by atoms with van der Waals surface area (Å²) in [5, 5.41) is 3.01. The van der Waals surface area contributed by atoms with Crippen molar-refractivity contribution < 1.29 is 9.53 Å². The van der Waals surface area contributed by atoms with Gasteiger partial charge in [-0.15, -0.1) is 0 Å². The molecule has 1 N–H and O–H groups in total. The number of esters is 1. The maximum atomic E-state index is 11.0. The molecule has 0 amide bonds. The van der Waals surface area contributed by atoms with Crippen molar-refractivity contribution in [1.29, 1.82) is 0 Å². The van der Waals surface area contributed by atoms with Gasteiger partial charge in [0.2, 0.25) is 0 Å². The molecule has 1 aliphatic heterocycles. The van der Waals surface area contributed by atoms with Crippen molar-refractivity contribution >= 4 is 21.9 Å². The topological polar surface area (TPSA) is 38.3 Å². The zero-order valence-electron chi connectivity index (χ0n) is 7.50. The fourth-order valence-corrected chi connectivity index (χ4v) is 1.86. The first-order chi connectivity index (χ1) is 6.75. The molecule has 1 saturated heterocycles. The molecule has 1 aromatic carbocycles. The highest BCUT2D eigenvalue weighted by Crippen LogP contribution is 2.22. The number of nitrogens with one attached hydrogen (secondary N) is 1. The van der Waals surface area contributed by atoms with E-state index in [-0.39, 0.29) is 12.1 Å². The van der Waals surface area contributed by atoms with Gasteiger partial charge in [0.25, 0.3) is 0 Å². The number of hydrogen-bond acceptors (Lipinski definition) is 3. The molecule has 0 aliphatic carbocycles. The summed E-state index contributed by atoms with van der Waals surface area (Å²) in [5.41, 5.74) is 1.01. The molecule has 1 fully saturated rings. The summed E-state index contributed by atoms with van der Waals surface area (Å²) in [6.45, 7) is 0.993. The minimum absolute atomic E-state index is 0.159. The molecule has 0 bridgehead atoms. The Bertz CT molecular complexity index is 354. The van der Waals surface area contributed by atoms with E-state index in [0.717, 1.165) is 10.0 Å². The summed E-state index contributed by atoms with van der Waals surface area (Å²) in [4.78, 5) is 11.0. The van der Waals surface area contributed by atoms with Crippen LogP contribution in [0.15, 0.2) is 28.7 Å². The number of carbonyl (C=O) groups excluding carboxylic acids is 1. The third-order valence-electron chi connectivity index (χ3n) is 2.09. The third kappa shape index (κ3) is 2.13. The fourth-order valence-electron chi connectivity index (χ4n) is 1.44. The number of hydrogen-bond donors (Lipinski definition) is 1. The van der Waals surface area contributed by atoms with Crippen LogP contribution < -0.4 is 5.32 Å². The Morgan fingerprint density at radius 3 is 3.07 bits per heavy atom. The summed E-state index contributed by atoms with van der Waals surface area (Å²) >= 11 is 3.38. The molecule has 1 heterocycles. The van der Waals surface area contributed by atoms with Gasteiger partial charge in [0.15, 0.2) is 0 Å². The van der Waals surface area contributed by atoms with Gasteiger partial charge in [-0.1, -0.05) is 28.1 Å². The van der Waals surface area contributed by atoms with Crippen LogP contribution in [0.5, 0.6) is 0 Å². The quantitative estimate of drug-likeness (QED) is 0.776. The molecule has 0 aromatic heterocycles. The molecule has 1 atom stereocenters. The molecule has 0 radical (unpaired) electrons. The van der Waals surface area contributed by atoms with Crippen molar-refractivity contribution in [1.82, 2.24) is 5.32 Å². The first kappa shape index (κ1) is 9.68. The predicted molar refractivity (Wildman–Crippen MR) is 55.8 cm³/mol. The van der Waals surface area contributed by atoms with Crippen LogP contribution >= 0.6 is 15.9 Å². The lowest BCUT2D eigenvalue weighted by atomic mass is 10.1. The summed E-state index contributed by atoms with van der Waals surface area (Å²) in [6.07, 6.45) is -0.159. The Kier molecular flexibility index (Phi) is 2.84. The highest BCUT2D eigenvalue weighted by atomic mass is 79.9. The van der Waals surface area contributed by atoms with Gasteiger partial charge in [-0.05, 0) is 17.7 Å². The number of carbonyl (C=O) groups is 1. The SMILES string of the molecule is O=C1CNC[C@@H](c2cccc(Br)c2)O1. The lowest BCUT2D eigenvalue weighted by Gasteiger charge is -2.23. The highest BCUT2D eigenvalue weighted by molar-refractivity contribution is 9.10. The molecule has 0 saturated carbocycles. The Hall–Kier alpha value is -0.870. The van der Waals surface area contributed by atoms with Crippen molar-refractivity contribution in [2.24, 2.45) is 0 Å². The summed E-state index contributed by atoms with van der Waals surface area (Å²) in [5.74, 6) is -0.193. The van der Waals surface area contributed by atoms with E-state index in [0.29, 0.717) is 13.1 Å². The second kappa shape index (κ2) is 4.11. The number of benzene rings is 1. The van der Waals surface area contributed by atoms with E-state index in [4.69, 9.17) is 4.74 Å². The van der Waals surface area contributed by atoms with Gasteiger partial charge in [-0.2, -0.15) is 0 Å². The molecule has 0 unspecified atom stereocenters. The Balaban J connectivity index is 2.17. The van der Waals surface area contributed by atoms with Gasteiger partial charge in [0, 0.05) is 11.0 Å². The smallest absolute Gasteiger partial charge is 0.320 e. The van der Waals surface area contributed by atoms with Gasteiger partial charge >= 0.3 is 5.97 Å². The van der Waals surface area contributed by atoms with Gasteiger partial charge in [0.05, 0.1) is 6.54 Å². The van der Waals surface area contributed by atoms with E-state index in [2.05, 4.69) is 21.2 Å². The average molecular weight is 256 g/mol. The van der Waals surface area contributed by atoms with Crippen molar-refractivity contribution in [2.45, 2.75) is 6.10 Å². The Labute approximate surface area is 90.6 Å². The molecule has 0 spiro atoms. The van der Waals surface area contributed by atoms with Crippen LogP contribution in [-0.4, -0.2) is 19.1 Å². The second-order valence-corrected chi connectivity index (χ2v) is 4.08. The summed E-state index contributed by atoms with van der Waals surface area (Å²) in [6, 6.07) is 7.80. The first-order valence-corrected chi connectivity index (χ1v) is 5.20. The predicted octanol–water partition coefficient (Wildman–Crippen LogP) is 1.64. The van der Waals surface area contributed by atoms with Gasteiger partial charge in [-0.25, -0.2) is 0 Å². The number of cyclic esters (lactones) is 1. The third-order valence-corrected chi connectivity index (χ3v) is 2.59. The zero-order valence-corrected chi connectivity index (χ0v) is 9.08. The number of rotatable bonds is 1. The Morgan fingerprint density at radius 1 is 1.50 bits per heavy atom. The summed E-state index contributed by atoms with van der Waals surface area (Å²) < 4.78 is 6.20. The molecule has 74 valence electrons. The highest BCUT2D eigenvalue weighted by Gasteiger charge is 2.21. The minimum atomic E-state index is -0.193. The van der Waals surface area contributed by atoms with Gasteiger partial charge in [0.1, 0.15) is 6.10 Å². The van der Waals surface area contributed by atoms with E-state index in [9.17, 15) is 4.79 Å². The second-order valence-electron chi connectivity index (χ2n) is 3.16. The monoisotopic (exact) mass is 255 g/mol. The van der Waals surface area contributed by atoms with Crippen molar-refractivity contribution in [3.63, 3.8) is 0 Å². The van der Waals surface area contributed by atoms with E-state index < -0.39 is 0 Å². The zero-order chi connectivity index (χ0) is 9.97. The molecular weight excluding hydrogens is 246 g/mol. The molecule has 1 aliphatic rings. The van der Waals surface area contributed by atoms with E-state index in [1.54, 1.807) is 0 Å². The molecule has 1 aromatic rings. The molecule has 3 nitrogen and oxygen atoms in total. The first-order valence-electron chi connectivity index (χ1n) is 4.41.